The highest BCUT2D eigenvalue weighted by Crippen LogP contribution is 2.34. The number of aryl methyl sites for hydroxylation is 2. The molecule has 1 atom stereocenters. The number of carbonyl (C=O) groups excluding carboxylic acids is 1. The van der Waals surface area contributed by atoms with Gasteiger partial charge in [0.1, 0.15) is 4.83 Å². The third-order valence-corrected chi connectivity index (χ3v) is 7.69. The largest absolute Gasteiger partial charge is 0.349 e. The number of sulfone groups is 1. The Bertz CT molecular complexity index is 990. The van der Waals surface area contributed by atoms with Gasteiger partial charge in [0.05, 0.1) is 16.9 Å². The summed E-state index contributed by atoms with van der Waals surface area (Å²) < 4.78 is 22.9. The highest BCUT2D eigenvalue weighted by atomic mass is 32.2. The molecule has 1 fully saturated rings. The van der Waals surface area contributed by atoms with Crippen LogP contribution in [0.2, 0.25) is 0 Å². The lowest BCUT2D eigenvalue weighted by Gasteiger charge is -2.09. The molecule has 24 heavy (non-hydrogen) atoms. The maximum atomic E-state index is 12.3. The number of fused-ring (bicyclic) bond motifs is 3. The van der Waals surface area contributed by atoms with E-state index < -0.39 is 15.7 Å². The second-order valence-electron chi connectivity index (χ2n) is 6.43. The average molecular weight is 367 g/mol. The van der Waals surface area contributed by atoms with Gasteiger partial charge in [-0.2, -0.15) is 0 Å². The second kappa shape index (κ2) is 5.66. The lowest BCUT2D eigenvalue weighted by atomic mass is 10.1. The molecule has 0 radical (unpaired) electrons. The number of amides is 1. The van der Waals surface area contributed by atoms with E-state index in [1.54, 1.807) is 0 Å². The third kappa shape index (κ3) is 2.75. The molecule has 2 aromatic heterocycles. The minimum Gasteiger partial charge on any atom is -0.349 e. The number of hydrogen-bond acceptors (Lipinski definition) is 6. The predicted octanol–water partition coefficient (Wildman–Crippen LogP) is 0.638. The second-order valence-corrected chi connectivity index (χ2v) is 9.74. The van der Waals surface area contributed by atoms with E-state index in [0.717, 1.165) is 24.8 Å². The summed E-state index contributed by atoms with van der Waals surface area (Å²) in [6.07, 6.45) is 3.47. The molecule has 0 aromatic carbocycles. The van der Waals surface area contributed by atoms with E-state index in [4.69, 9.17) is 0 Å². The summed E-state index contributed by atoms with van der Waals surface area (Å²) in [6, 6.07) is 0. The fourth-order valence-corrected chi connectivity index (χ4v) is 6.59. The standard InChI is InChI=1S/C15H17N3O4S2/c19-13-11-9-2-1-3-10(9)23-15(11)18-12(17-13)14(20)16-6-8-4-5-24(21,22)7-8/h8H,1-7H2,(H,16,20)(H,17,18,19). The normalized spacial score (nSPS) is 21.9. The first-order chi connectivity index (χ1) is 11.4. The molecule has 0 saturated carbocycles. The lowest BCUT2D eigenvalue weighted by Crippen LogP contribution is -2.32. The Morgan fingerprint density at radius 1 is 1.38 bits per heavy atom. The quantitative estimate of drug-likeness (QED) is 0.827. The highest BCUT2D eigenvalue weighted by Gasteiger charge is 2.28. The van der Waals surface area contributed by atoms with Crippen molar-refractivity contribution < 1.29 is 13.2 Å². The van der Waals surface area contributed by atoms with E-state index in [2.05, 4.69) is 15.3 Å². The van der Waals surface area contributed by atoms with Crippen LogP contribution in [-0.4, -0.2) is 42.3 Å². The monoisotopic (exact) mass is 367 g/mol. The zero-order valence-electron chi connectivity index (χ0n) is 12.9. The number of nitrogens with zero attached hydrogens (tertiary/aromatic N) is 1. The van der Waals surface area contributed by atoms with Crippen LogP contribution >= 0.6 is 11.3 Å². The van der Waals surface area contributed by atoms with Gasteiger partial charge in [0, 0.05) is 11.4 Å². The molecule has 1 amide bonds. The molecule has 1 unspecified atom stereocenters. The molecule has 2 aliphatic rings. The maximum absolute atomic E-state index is 12.3. The van der Waals surface area contributed by atoms with Crippen LogP contribution in [0, 0.1) is 5.92 Å². The molecule has 9 heteroatoms. The molecular weight excluding hydrogens is 350 g/mol. The first kappa shape index (κ1) is 15.8. The van der Waals surface area contributed by atoms with Crippen molar-refractivity contribution in [3.8, 4) is 0 Å². The molecule has 2 aromatic rings. The highest BCUT2D eigenvalue weighted by molar-refractivity contribution is 7.91. The number of H-pyrrole nitrogens is 1. The summed E-state index contributed by atoms with van der Waals surface area (Å²) in [6.45, 7) is 0.279. The molecule has 0 spiro atoms. The molecule has 7 nitrogen and oxygen atoms in total. The van der Waals surface area contributed by atoms with Crippen molar-refractivity contribution in [1.82, 2.24) is 15.3 Å². The van der Waals surface area contributed by atoms with Crippen LogP contribution in [0.15, 0.2) is 4.79 Å². The van der Waals surface area contributed by atoms with Gasteiger partial charge in [0.15, 0.2) is 9.84 Å². The van der Waals surface area contributed by atoms with E-state index in [9.17, 15) is 18.0 Å². The van der Waals surface area contributed by atoms with Gasteiger partial charge in [-0.25, -0.2) is 13.4 Å². The zero-order valence-corrected chi connectivity index (χ0v) is 14.6. The summed E-state index contributed by atoms with van der Waals surface area (Å²) in [7, 11) is -2.97. The van der Waals surface area contributed by atoms with Gasteiger partial charge in [-0.1, -0.05) is 0 Å². The number of carbonyl (C=O) groups is 1. The van der Waals surface area contributed by atoms with Crippen LogP contribution < -0.4 is 10.9 Å². The molecule has 128 valence electrons. The van der Waals surface area contributed by atoms with Crippen molar-refractivity contribution in [1.29, 1.82) is 0 Å². The number of thiophene rings is 1. The van der Waals surface area contributed by atoms with E-state index in [1.165, 1.54) is 16.2 Å². The van der Waals surface area contributed by atoms with Crippen LogP contribution in [0.1, 0.15) is 33.9 Å². The Morgan fingerprint density at radius 3 is 2.96 bits per heavy atom. The van der Waals surface area contributed by atoms with Crippen molar-refractivity contribution in [2.24, 2.45) is 5.92 Å². The van der Waals surface area contributed by atoms with Crippen LogP contribution in [0.4, 0.5) is 0 Å². The number of rotatable bonds is 3. The topological polar surface area (TPSA) is 109 Å². The van der Waals surface area contributed by atoms with Crippen LogP contribution in [0.3, 0.4) is 0 Å². The van der Waals surface area contributed by atoms with Gasteiger partial charge in [0.25, 0.3) is 11.5 Å². The van der Waals surface area contributed by atoms with Crippen LogP contribution in [-0.2, 0) is 22.7 Å². The molecule has 3 heterocycles. The van der Waals surface area contributed by atoms with Crippen LogP contribution in [0.5, 0.6) is 0 Å². The molecule has 2 N–H and O–H groups in total. The zero-order chi connectivity index (χ0) is 16.9. The van der Waals surface area contributed by atoms with E-state index in [-0.39, 0.29) is 35.4 Å². The first-order valence-electron chi connectivity index (χ1n) is 7.96. The lowest BCUT2D eigenvalue weighted by molar-refractivity contribution is 0.0938. The van der Waals surface area contributed by atoms with Gasteiger partial charge in [-0.15, -0.1) is 11.3 Å². The molecular formula is C15H17N3O4S2. The minimum atomic E-state index is -2.97. The Kier molecular flexibility index (Phi) is 3.72. The summed E-state index contributed by atoms with van der Waals surface area (Å²) in [5.74, 6) is -0.261. The van der Waals surface area contributed by atoms with Gasteiger partial charge in [-0.3, -0.25) is 9.59 Å². The molecule has 4 rings (SSSR count). The van der Waals surface area contributed by atoms with Crippen molar-refractivity contribution in [3.05, 3.63) is 26.6 Å². The van der Waals surface area contributed by atoms with Gasteiger partial charge in [-0.05, 0) is 37.2 Å². The van der Waals surface area contributed by atoms with Gasteiger partial charge < -0.3 is 10.3 Å². The number of aromatic nitrogens is 2. The Labute approximate surface area is 142 Å². The molecule has 1 saturated heterocycles. The number of hydrogen-bond donors (Lipinski definition) is 2. The third-order valence-electron chi connectivity index (χ3n) is 4.67. The van der Waals surface area contributed by atoms with Crippen molar-refractivity contribution in [2.75, 3.05) is 18.1 Å². The molecule has 1 aliphatic heterocycles. The summed E-state index contributed by atoms with van der Waals surface area (Å²) in [4.78, 5) is 33.2. The van der Waals surface area contributed by atoms with E-state index >= 15 is 0 Å². The fraction of sp³-hybridized carbons (Fsp3) is 0.533. The van der Waals surface area contributed by atoms with Gasteiger partial charge in [0.2, 0.25) is 5.82 Å². The minimum absolute atomic E-state index is 0.00622. The molecule has 1 aliphatic carbocycles. The summed E-state index contributed by atoms with van der Waals surface area (Å²) in [5.41, 5.74) is 0.805. The Morgan fingerprint density at radius 2 is 2.21 bits per heavy atom. The smallest absolute Gasteiger partial charge is 0.287 e. The van der Waals surface area contributed by atoms with E-state index in [1.807, 2.05) is 0 Å². The van der Waals surface area contributed by atoms with Gasteiger partial charge >= 0.3 is 0 Å². The maximum Gasteiger partial charge on any atom is 0.287 e. The fourth-order valence-electron chi connectivity index (χ4n) is 3.46. The Balaban J connectivity index is 1.54. The Hall–Kier alpha value is -1.74. The number of nitrogens with one attached hydrogen (secondary N) is 2. The van der Waals surface area contributed by atoms with E-state index in [0.29, 0.717) is 16.6 Å². The number of aromatic amines is 1. The first-order valence-corrected chi connectivity index (χ1v) is 10.6. The molecule has 0 bridgehead atoms. The van der Waals surface area contributed by atoms with Crippen molar-refractivity contribution in [2.45, 2.75) is 25.7 Å². The SMILES string of the molecule is O=C(NCC1CCS(=O)(=O)C1)c1nc2sc3c(c2c(=O)[nH]1)CCC3. The van der Waals surface area contributed by atoms with Crippen LogP contribution in [0.25, 0.3) is 10.2 Å². The van der Waals surface area contributed by atoms with Crippen molar-refractivity contribution >= 4 is 37.3 Å². The van der Waals surface area contributed by atoms with Crippen molar-refractivity contribution in [3.63, 3.8) is 0 Å². The summed E-state index contributed by atoms with van der Waals surface area (Å²) >= 11 is 1.48. The predicted molar refractivity (Wildman–Crippen MR) is 91.4 cm³/mol. The summed E-state index contributed by atoms with van der Waals surface area (Å²) in [5, 5.41) is 3.31. The average Bonchev–Trinajstić information content (AvgIpc) is 3.18.